The molecular formula is C25H38N2O5. The summed E-state index contributed by atoms with van der Waals surface area (Å²) in [5, 5.41) is 13.3. The summed E-state index contributed by atoms with van der Waals surface area (Å²) in [6, 6.07) is -0.631. The Hall–Kier alpha value is -1.63. The first-order chi connectivity index (χ1) is 15.3. The molecule has 2 atom stereocenters. The Morgan fingerprint density at radius 1 is 0.969 bits per heavy atom. The predicted molar refractivity (Wildman–Crippen MR) is 117 cm³/mol. The van der Waals surface area contributed by atoms with Crippen LogP contribution in [0.5, 0.6) is 0 Å². The van der Waals surface area contributed by atoms with E-state index < -0.39 is 18.1 Å². The first-order valence-electron chi connectivity index (χ1n) is 12.8. The summed E-state index contributed by atoms with van der Waals surface area (Å²) >= 11 is 0. The van der Waals surface area contributed by atoms with Crippen molar-refractivity contribution in [1.82, 2.24) is 10.2 Å². The zero-order valence-electron chi connectivity index (χ0n) is 19.3. The summed E-state index contributed by atoms with van der Waals surface area (Å²) in [7, 11) is 0. The Balaban J connectivity index is 1.18. The lowest BCUT2D eigenvalue weighted by Gasteiger charge is -2.56. The quantitative estimate of drug-likeness (QED) is 0.633. The molecule has 7 nitrogen and oxygen atoms in total. The molecule has 178 valence electrons. The Bertz CT molecular complexity index is 724. The summed E-state index contributed by atoms with van der Waals surface area (Å²) in [6.07, 6.45) is 10.1. The lowest BCUT2D eigenvalue weighted by atomic mass is 9.49. The molecule has 7 heteroatoms. The monoisotopic (exact) mass is 446 g/mol. The van der Waals surface area contributed by atoms with Gasteiger partial charge in [0.1, 0.15) is 6.04 Å². The van der Waals surface area contributed by atoms with Crippen LogP contribution < -0.4 is 5.32 Å². The topological polar surface area (TPSA) is 95.9 Å². The summed E-state index contributed by atoms with van der Waals surface area (Å²) in [5.41, 5.74) is -0.354. The predicted octanol–water partition coefficient (Wildman–Crippen LogP) is 2.40. The molecule has 1 heterocycles. The van der Waals surface area contributed by atoms with Gasteiger partial charge in [0.05, 0.1) is 11.5 Å². The fourth-order valence-corrected chi connectivity index (χ4v) is 7.85. The first kappa shape index (κ1) is 22.2. The van der Waals surface area contributed by atoms with E-state index >= 15 is 0 Å². The number of aliphatic hydroxyl groups excluding tert-OH is 1. The van der Waals surface area contributed by atoms with Crippen molar-refractivity contribution in [3.8, 4) is 0 Å². The minimum absolute atomic E-state index is 0.0378. The Morgan fingerprint density at radius 2 is 1.56 bits per heavy atom. The van der Waals surface area contributed by atoms with Gasteiger partial charge in [0.15, 0.2) is 6.61 Å². The molecule has 1 unspecified atom stereocenters. The van der Waals surface area contributed by atoms with Crippen molar-refractivity contribution < 1.29 is 24.2 Å². The van der Waals surface area contributed by atoms with Crippen molar-refractivity contribution in [1.29, 1.82) is 0 Å². The van der Waals surface area contributed by atoms with Crippen LogP contribution in [0.4, 0.5) is 0 Å². The van der Waals surface area contributed by atoms with Crippen LogP contribution in [0, 0.1) is 29.1 Å². The molecule has 6 fully saturated rings. The molecule has 32 heavy (non-hydrogen) atoms. The molecule has 2 N–H and O–H groups in total. The number of ether oxygens (including phenoxy) is 1. The molecule has 0 aromatic rings. The molecule has 1 saturated heterocycles. The molecule has 0 spiro atoms. The average Bonchev–Trinajstić information content (AvgIpc) is 3.14. The maximum absolute atomic E-state index is 13.7. The molecular weight excluding hydrogens is 408 g/mol. The average molecular weight is 447 g/mol. The van der Waals surface area contributed by atoms with E-state index in [-0.39, 0.29) is 42.8 Å². The highest BCUT2D eigenvalue weighted by Crippen LogP contribution is 2.60. The van der Waals surface area contributed by atoms with E-state index in [1.54, 1.807) is 4.90 Å². The number of hydrogen-bond acceptors (Lipinski definition) is 5. The molecule has 4 bridgehead atoms. The van der Waals surface area contributed by atoms with Crippen LogP contribution in [0.2, 0.25) is 0 Å². The van der Waals surface area contributed by atoms with Gasteiger partial charge in [0, 0.05) is 19.0 Å². The number of carbonyl (C=O) groups excluding carboxylic acids is 3. The normalized spacial score (nSPS) is 42.7. The van der Waals surface area contributed by atoms with Crippen molar-refractivity contribution in [3.63, 3.8) is 0 Å². The standard InChI is InChI=1S/C25H38N2O5/c1-15-2-4-19(5-3-15)26-22(29)14-32-23(30)21-9-20(28)13-27(21)24(31)25-10-16-6-17(11-25)8-18(7-16)12-25/h15-21,28H,2-14H2,1H3,(H,26,29)/t15?,16?,17?,18?,19?,20?,21-,25?/m0/s1. The Kier molecular flexibility index (Phi) is 5.97. The van der Waals surface area contributed by atoms with Gasteiger partial charge >= 0.3 is 5.97 Å². The van der Waals surface area contributed by atoms with Crippen molar-refractivity contribution in [3.05, 3.63) is 0 Å². The summed E-state index contributed by atoms with van der Waals surface area (Å²) < 4.78 is 5.34. The second-order valence-corrected chi connectivity index (χ2v) is 11.7. The highest BCUT2D eigenvalue weighted by atomic mass is 16.5. The fourth-order valence-electron chi connectivity index (χ4n) is 7.85. The summed E-state index contributed by atoms with van der Waals surface area (Å²) in [5.74, 6) is 1.80. The second kappa shape index (κ2) is 8.62. The van der Waals surface area contributed by atoms with Crippen LogP contribution in [0.15, 0.2) is 0 Å². The molecule has 0 aromatic heterocycles. The third-order valence-corrected chi connectivity index (χ3v) is 9.03. The van der Waals surface area contributed by atoms with Crippen molar-refractivity contribution >= 4 is 17.8 Å². The molecule has 0 radical (unpaired) electrons. The summed E-state index contributed by atoms with van der Waals surface area (Å²) in [6.45, 7) is 2.09. The maximum Gasteiger partial charge on any atom is 0.329 e. The van der Waals surface area contributed by atoms with Gasteiger partial charge in [-0.05, 0) is 87.9 Å². The van der Waals surface area contributed by atoms with E-state index in [9.17, 15) is 19.5 Å². The van der Waals surface area contributed by atoms with E-state index in [1.807, 2.05) is 0 Å². The highest BCUT2D eigenvalue weighted by Gasteiger charge is 2.57. The number of rotatable bonds is 5. The number of nitrogens with zero attached hydrogens (tertiary/aromatic N) is 1. The van der Waals surface area contributed by atoms with Crippen LogP contribution in [-0.2, 0) is 19.1 Å². The number of β-amino-alcohol motifs (C(OH)–C–C–N with tert-alkyl or cyclic N) is 1. The maximum atomic E-state index is 13.7. The number of aliphatic hydroxyl groups is 1. The van der Waals surface area contributed by atoms with Crippen LogP contribution in [0.25, 0.3) is 0 Å². The first-order valence-corrected chi connectivity index (χ1v) is 12.8. The lowest BCUT2D eigenvalue weighted by Crippen LogP contribution is -2.56. The molecule has 6 rings (SSSR count). The number of esters is 1. The molecule has 0 aromatic carbocycles. The van der Waals surface area contributed by atoms with Crippen LogP contribution in [0.1, 0.15) is 77.6 Å². The third kappa shape index (κ3) is 4.29. The number of carbonyl (C=O) groups is 3. The Morgan fingerprint density at radius 3 is 2.16 bits per heavy atom. The minimum atomic E-state index is -0.783. The molecule has 5 aliphatic carbocycles. The fraction of sp³-hybridized carbons (Fsp3) is 0.880. The van der Waals surface area contributed by atoms with Gasteiger partial charge in [0.25, 0.3) is 5.91 Å². The number of amides is 2. The minimum Gasteiger partial charge on any atom is -0.454 e. The number of nitrogens with one attached hydrogen (secondary N) is 1. The number of likely N-dealkylation sites (tertiary alicyclic amines) is 1. The third-order valence-electron chi connectivity index (χ3n) is 9.03. The second-order valence-electron chi connectivity index (χ2n) is 11.7. The van der Waals surface area contributed by atoms with Gasteiger partial charge in [-0.15, -0.1) is 0 Å². The van der Waals surface area contributed by atoms with E-state index in [0.29, 0.717) is 23.7 Å². The van der Waals surface area contributed by atoms with Gasteiger partial charge in [-0.3, -0.25) is 9.59 Å². The SMILES string of the molecule is CC1CCC(NC(=O)COC(=O)[C@@H]2CC(O)CN2C(=O)C23CC4CC(CC(C4)C2)C3)CC1. The smallest absolute Gasteiger partial charge is 0.329 e. The molecule has 2 amide bonds. The van der Waals surface area contributed by atoms with E-state index in [2.05, 4.69) is 12.2 Å². The van der Waals surface area contributed by atoms with Crippen molar-refractivity contribution in [2.45, 2.75) is 95.7 Å². The van der Waals surface area contributed by atoms with E-state index in [4.69, 9.17) is 4.74 Å². The van der Waals surface area contributed by atoms with Crippen LogP contribution >= 0.6 is 0 Å². The van der Waals surface area contributed by atoms with E-state index in [1.165, 1.54) is 19.3 Å². The van der Waals surface area contributed by atoms with Gasteiger partial charge in [-0.1, -0.05) is 6.92 Å². The van der Waals surface area contributed by atoms with Gasteiger partial charge < -0.3 is 20.1 Å². The van der Waals surface area contributed by atoms with Crippen molar-refractivity contribution in [2.75, 3.05) is 13.2 Å². The zero-order chi connectivity index (χ0) is 22.5. The molecule has 6 aliphatic rings. The highest BCUT2D eigenvalue weighted by molar-refractivity contribution is 5.90. The molecule has 5 saturated carbocycles. The number of hydrogen-bond donors (Lipinski definition) is 2. The molecule has 1 aliphatic heterocycles. The van der Waals surface area contributed by atoms with Crippen molar-refractivity contribution in [2.24, 2.45) is 29.1 Å². The van der Waals surface area contributed by atoms with E-state index in [0.717, 1.165) is 44.9 Å². The van der Waals surface area contributed by atoms with Gasteiger partial charge in [-0.25, -0.2) is 4.79 Å². The lowest BCUT2D eigenvalue weighted by molar-refractivity contribution is -0.166. The van der Waals surface area contributed by atoms with Crippen LogP contribution in [-0.4, -0.2) is 59.1 Å². The van der Waals surface area contributed by atoms with Gasteiger partial charge in [0.2, 0.25) is 5.91 Å². The van der Waals surface area contributed by atoms with Crippen LogP contribution in [0.3, 0.4) is 0 Å². The Labute approximate surface area is 190 Å². The van der Waals surface area contributed by atoms with Gasteiger partial charge in [-0.2, -0.15) is 0 Å². The largest absolute Gasteiger partial charge is 0.454 e. The summed E-state index contributed by atoms with van der Waals surface area (Å²) in [4.78, 5) is 40.5. The zero-order valence-corrected chi connectivity index (χ0v) is 19.3.